The number of amides is 1. The number of phenols is 1. The smallest absolute Gasteiger partial charge is 0.272 e. The predicted octanol–water partition coefficient (Wildman–Crippen LogP) is 4.54. The topological polar surface area (TPSA) is 54.3 Å². The molecule has 0 radical (unpaired) electrons. The summed E-state index contributed by atoms with van der Waals surface area (Å²) in [5.74, 6) is -0.565. The van der Waals surface area contributed by atoms with Crippen molar-refractivity contribution in [3.05, 3.63) is 44.6 Å². The molecular weight excluding hydrogens is 367 g/mol. The summed E-state index contributed by atoms with van der Waals surface area (Å²) in [6, 6.07) is 4.54. The van der Waals surface area contributed by atoms with Crippen LogP contribution < -0.4 is 5.32 Å². The normalized spacial score (nSPS) is 10.6. The van der Waals surface area contributed by atoms with Crippen molar-refractivity contribution in [1.29, 1.82) is 0 Å². The molecule has 1 heterocycles. The van der Waals surface area contributed by atoms with Gasteiger partial charge in [-0.25, -0.2) is 0 Å². The summed E-state index contributed by atoms with van der Waals surface area (Å²) in [7, 11) is 0. The summed E-state index contributed by atoms with van der Waals surface area (Å²) in [6.07, 6.45) is 1.81. The molecule has 106 valence electrons. The van der Waals surface area contributed by atoms with Crippen molar-refractivity contribution in [3.8, 4) is 5.75 Å². The highest BCUT2D eigenvalue weighted by atomic mass is 79.9. The number of benzene rings is 1. The fourth-order valence-electron chi connectivity index (χ4n) is 1.77. The zero-order chi connectivity index (χ0) is 14.9. The van der Waals surface area contributed by atoms with Crippen molar-refractivity contribution in [3.63, 3.8) is 0 Å². The van der Waals surface area contributed by atoms with Crippen LogP contribution in [0.4, 0.5) is 5.69 Å². The molecule has 1 aromatic heterocycles. The Bertz CT molecular complexity index is 671. The summed E-state index contributed by atoms with van der Waals surface area (Å²) in [6.45, 7) is 2.58. The number of rotatable bonds is 3. The molecule has 2 rings (SSSR count). The van der Waals surface area contributed by atoms with Gasteiger partial charge in [0, 0.05) is 22.2 Å². The second kappa shape index (κ2) is 6.08. The average Bonchev–Trinajstić information content (AvgIpc) is 2.76. The van der Waals surface area contributed by atoms with Gasteiger partial charge in [-0.1, -0.05) is 23.2 Å². The van der Waals surface area contributed by atoms with E-state index in [9.17, 15) is 9.90 Å². The highest BCUT2D eigenvalue weighted by Crippen LogP contribution is 2.35. The summed E-state index contributed by atoms with van der Waals surface area (Å²) in [5, 5.41) is 12.8. The lowest BCUT2D eigenvalue weighted by atomic mass is 10.2. The molecule has 0 aliphatic carbocycles. The maximum absolute atomic E-state index is 12.2. The van der Waals surface area contributed by atoms with Gasteiger partial charge in [0.05, 0.1) is 10.7 Å². The Hall–Kier alpha value is -1.17. The lowest BCUT2D eigenvalue weighted by molar-refractivity contribution is 0.101. The Kier molecular flexibility index (Phi) is 4.62. The van der Waals surface area contributed by atoms with Gasteiger partial charge in [-0.2, -0.15) is 0 Å². The maximum atomic E-state index is 12.2. The Balaban J connectivity index is 2.32. The van der Waals surface area contributed by atoms with Crippen LogP contribution in [0.5, 0.6) is 5.75 Å². The van der Waals surface area contributed by atoms with Gasteiger partial charge in [0.2, 0.25) is 0 Å². The number of aromatic nitrogens is 1. The van der Waals surface area contributed by atoms with Crippen molar-refractivity contribution < 1.29 is 9.90 Å². The van der Waals surface area contributed by atoms with Crippen LogP contribution in [-0.2, 0) is 6.54 Å². The third kappa shape index (κ3) is 3.11. The largest absolute Gasteiger partial charge is 0.504 e. The number of anilines is 1. The molecular formula is C13H11BrCl2N2O2. The minimum Gasteiger partial charge on any atom is -0.504 e. The quantitative estimate of drug-likeness (QED) is 0.771. The van der Waals surface area contributed by atoms with E-state index in [1.165, 1.54) is 12.1 Å². The van der Waals surface area contributed by atoms with Crippen molar-refractivity contribution in [1.82, 2.24) is 4.57 Å². The Morgan fingerprint density at radius 3 is 2.75 bits per heavy atom. The molecule has 2 N–H and O–H groups in total. The molecule has 1 aromatic carbocycles. The molecule has 0 atom stereocenters. The maximum Gasteiger partial charge on any atom is 0.272 e. The lowest BCUT2D eigenvalue weighted by Crippen LogP contribution is -2.16. The Labute approximate surface area is 134 Å². The van der Waals surface area contributed by atoms with E-state index in [1.807, 2.05) is 6.92 Å². The van der Waals surface area contributed by atoms with E-state index < -0.39 is 0 Å². The Morgan fingerprint density at radius 2 is 2.10 bits per heavy atom. The molecule has 7 heteroatoms. The molecule has 0 aliphatic heterocycles. The third-order valence-electron chi connectivity index (χ3n) is 2.71. The zero-order valence-electron chi connectivity index (χ0n) is 10.5. The number of aromatic hydroxyl groups is 1. The van der Waals surface area contributed by atoms with Gasteiger partial charge in [-0.15, -0.1) is 0 Å². The molecule has 4 nitrogen and oxygen atoms in total. The highest BCUT2D eigenvalue weighted by Gasteiger charge is 2.16. The van der Waals surface area contributed by atoms with Crippen molar-refractivity contribution in [2.75, 3.05) is 5.32 Å². The van der Waals surface area contributed by atoms with E-state index in [4.69, 9.17) is 23.2 Å². The van der Waals surface area contributed by atoms with Crippen LogP contribution in [0, 0.1) is 0 Å². The van der Waals surface area contributed by atoms with Gasteiger partial charge in [0.15, 0.2) is 5.75 Å². The highest BCUT2D eigenvalue weighted by molar-refractivity contribution is 9.10. The SMILES string of the molecule is CCn1cc(Br)cc1C(=O)Nc1cc(Cl)cc(Cl)c1O. The molecule has 2 aromatic rings. The van der Waals surface area contributed by atoms with Crippen LogP contribution in [-0.4, -0.2) is 15.6 Å². The molecule has 0 unspecified atom stereocenters. The second-order valence-corrected chi connectivity index (χ2v) is 5.83. The second-order valence-electron chi connectivity index (χ2n) is 4.07. The first-order valence-electron chi connectivity index (χ1n) is 5.77. The molecule has 0 aliphatic rings. The van der Waals surface area contributed by atoms with Gasteiger partial charge >= 0.3 is 0 Å². The van der Waals surface area contributed by atoms with E-state index in [0.717, 1.165) is 4.47 Å². The Morgan fingerprint density at radius 1 is 1.40 bits per heavy atom. The van der Waals surface area contributed by atoms with Crippen LogP contribution in [0.25, 0.3) is 0 Å². The molecule has 0 saturated heterocycles. The first kappa shape index (κ1) is 15.2. The van der Waals surface area contributed by atoms with E-state index in [-0.39, 0.29) is 22.4 Å². The summed E-state index contributed by atoms with van der Waals surface area (Å²) in [5.41, 5.74) is 0.641. The molecule has 0 spiro atoms. The molecule has 0 fully saturated rings. The summed E-state index contributed by atoms with van der Waals surface area (Å²) >= 11 is 15.0. The summed E-state index contributed by atoms with van der Waals surface area (Å²) in [4.78, 5) is 12.2. The number of hydrogen-bond donors (Lipinski definition) is 2. The molecule has 20 heavy (non-hydrogen) atoms. The van der Waals surface area contributed by atoms with E-state index in [2.05, 4.69) is 21.2 Å². The van der Waals surface area contributed by atoms with Crippen LogP contribution in [0.3, 0.4) is 0 Å². The van der Waals surface area contributed by atoms with Crippen molar-refractivity contribution >= 4 is 50.7 Å². The predicted molar refractivity (Wildman–Crippen MR) is 83.9 cm³/mol. The van der Waals surface area contributed by atoms with Crippen molar-refractivity contribution in [2.24, 2.45) is 0 Å². The van der Waals surface area contributed by atoms with Gasteiger partial charge < -0.3 is 15.0 Å². The number of aryl methyl sites for hydroxylation is 1. The fourth-order valence-corrected chi connectivity index (χ4v) is 2.73. The van der Waals surface area contributed by atoms with Gasteiger partial charge in [-0.3, -0.25) is 4.79 Å². The molecule has 0 saturated carbocycles. The molecule has 0 bridgehead atoms. The standard InChI is InChI=1S/C13H11BrCl2N2O2/c1-2-18-6-7(14)3-11(18)13(20)17-10-5-8(15)4-9(16)12(10)19/h3-6,19H,2H2,1H3,(H,17,20). The third-order valence-corrected chi connectivity index (χ3v) is 3.65. The number of hydrogen-bond acceptors (Lipinski definition) is 2. The van der Waals surface area contributed by atoms with Crippen LogP contribution in [0.2, 0.25) is 10.0 Å². The van der Waals surface area contributed by atoms with E-state index >= 15 is 0 Å². The van der Waals surface area contributed by atoms with Gasteiger partial charge in [0.25, 0.3) is 5.91 Å². The van der Waals surface area contributed by atoms with E-state index in [0.29, 0.717) is 17.3 Å². The molecule has 1 amide bonds. The number of nitrogens with one attached hydrogen (secondary N) is 1. The lowest BCUT2D eigenvalue weighted by Gasteiger charge is -2.10. The number of halogens is 3. The first-order valence-corrected chi connectivity index (χ1v) is 7.32. The van der Waals surface area contributed by atoms with Crippen LogP contribution in [0.1, 0.15) is 17.4 Å². The summed E-state index contributed by atoms with van der Waals surface area (Å²) < 4.78 is 2.58. The monoisotopic (exact) mass is 376 g/mol. The number of carbonyl (C=O) groups excluding carboxylic acids is 1. The minimum absolute atomic E-state index is 0.0832. The van der Waals surface area contributed by atoms with Crippen LogP contribution in [0.15, 0.2) is 28.9 Å². The van der Waals surface area contributed by atoms with E-state index in [1.54, 1.807) is 16.8 Å². The minimum atomic E-state index is -0.355. The van der Waals surface area contributed by atoms with Crippen LogP contribution >= 0.6 is 39.1 Å². The fraction of sp³-hybridized carbons (Fsp3) is 0.154. The zero-order valence-corrected chi connectivity index (χ0v) is 13.6. The van der Waals surface area contributed by atoms with Crippen molar-refractivity contribution in [2.45, 2.75) is 13.5 Å². The first-order chi connectivity index (χ1) is 9.42. The average molecular weight is 378 g/mol. The van der Waals surface area contributed by atoms with Gasteiger partial charge in [-0.05, 0) is 41.1 Å². The number of nitrogens with zero attached hydrogens (tertiary/aromatic N) is 1. The number of carbonyl (C=O) groups is 1. The number of phenolic OH excluding ortho intramolecular Hbond substituents is 1. The van der Waals surface area contributed by atoms with Gasteiger partial charge in [0.1, 0.15) is 5.69 Å².